The van der Waals surface area contributed by atoms with Crippen LogP contribution in [-0.4, -0.2) is 29.6 Å². The van der Waals surface area contributed by atoms with E-state index in [1.165, 1.54) is 0 Å². The Morgan fingerprint density at radius 1 is 1.25 bits per heavy atom. The number of hydrogen-bond donors (Lipinski definition) is 1. The van der Waals surface area contributed by atoms with Crippen LogP contribution in [0.15, 0.2) is 24.3 Å². The molecule has 0 aliphatic rings. The summed E-state index contributed by atoms with van der Waals surface area (Å²) in [7, 11) is 0. The van der Waals surface area contributed by atoms with Gasteiger partial charge in [0.2, 0.25) is 0 Å². The molecule has 0 fully saturated rings. The van der Waals surface area contributed by atoms with Gasteiger partial charge in [-0.1, -0.05) is 27.7 Å². The molecule has 0 heterocycles. The van der Waals surface area contributed by atoms with Crippen LogP contribution in [0.5, 0.6) is 5.75 Å². The van der Waals surface area contributed by atoms with E-state index in [1.807, 2.05) is 23.9 Å². The highest BCUT2D eigenvalue weighted by atomic mass is 32.2. The molecule has 1 N–H and O–H groups in total. The van der Waals surface area contributed by atoms with Gasteiger partial charge in [0.15, 0.2) is 0 Å². The molecule has 0 aromatic heterocycles. The molecule has 0 spiro atoms. The minimum Gasteiger partial charge on any atom is -0.494 e. The fourth-order valence-electron chi connectivity index (χ4n) is 1.55. The zero-order chi connectivity index (χ0) is 15.0. The van der Waals surface area contributed by atoms with Crippen LogP contribution in [-0.2, 0) is 0 Å². The summed E-state index contributed by atoms with van der Waals surface area (Å²) >= 11 is 1.85. The number of thioether (sulfide) groups is 1. The Kier molecular flexibility index (Phi) is 6.93. The molecule has 4 heteroatoms. The van der Waals surface area contributed by atoms with Gasteiger partial charge in [-0.2, -0.15) is 11.8 Å². The van der Waals surface area contributed by atoms with E-state index in [0.29, 0.717) is 18.7 Å². The third kappa shape index (κ3) is 6.85. The molecule has 1 rings (SSSR count). The first-order valence-corrected chi connectivity index (χ1v) is 8.06. The maximum atomic E-state index is 11.9. The smallest absolute Gasteiger partial charge is 0.251 e. The van der Waals surface area contributed by atoms with E-state index in [4.69, 9.17) is 4.74 Å². The fourth-order valence-corrected chi connectivity index (χ4v) is 2.36. The summed E-state index contributed by atoms with van der Waals surface area (Å²) in [4.78, 5) is 11.9. The predicted molar refractivity (Wildman–Crippen MR) is 86.8 cm³/mol. The monoisotopic (exact) mass is 295 g/mol. The lowest BCUT2D eigenvalue weighted by Gasteiger charge is -2.17. The van der Waals surface area contributed by atoms with E-state index in [9.17, 15) is 4.79 Å². The van der Waals surface area contributed by atoms with Crippen molar-refractivity contribution in [3.63, 3.8) is 0 Å². The first kappa shape index (κ1) is 16.9. The third-order valence-electron chi connectivity index (χ3n) is 2.51. The van der Waals surface area contributed by atoms with Crippen molar-refractivity contribution in [3.05, 3.63) is 29.8 Å². The van der Waals surface area contributed by atoms with Crippen LogP contribution in [0.25, 0.3) is 0 Å². The molecule has 0 saturated heterocycles. The average Bonchev–Trinajstić information content (AvgIpc) is 2.40. The lowest BCUT2D eigenvalue weighted by Crippen LogP contribution is -2.26. The van der Waals surface area contributed by atoms with Gasteiger partial charge >= 0.3 is 0 Å². The molecule has 1 aromatic rings. The largest absolute Gasteiger partial charge is 0.494 e. The summed E-state index contributed by atoms with van der Waals surface area (Å²) in [5, 5.41) is 2.93. The Bertz CT molecular complexity index is 409. The first-order valence-electron chi connectivity index (χ1n) is 7.07. The normalized spacial score (nSPS) is 11.2. The van der Waals surface area contributed by atoms with Crippen molar-refractivity contribution in [1.29, 1.82) is 0 Å². The van der Waals surface area contributed by atoms with Crippen molar-refractivity contribution >= 4 is 17.7 Å². The molecule has 0 bridgehead atoms. The number of rotatable bonds is 7. The summed E-state index contributed by atoms with van der Waals surface area (Å²) in [5.74, 6) is 1.71. The SMILES string of the molecule is CCCOc1ccc(C(=O)NCCSC(C)(C)C)cc1. The highest BCUT2D eigenvalue weighted by molar-refractivity contribution is 8.00. The van der Waals surface area contributed by atoms with Crippen LogP contribution in [0.3, 0.4) is 0 Å². The van der Waals surface area contributed by atoms with Gasteiger partial charge in [-0.25, -0.2) is 0 Å². The van der Waals surface area contributed by atoms with Gasteiger partial charge in [0.25, 0.3) is 5.91 Å². The van der Waals surface area contributed by atoms with Gasteiger partial charge in [0.1, 0.15) is 5.75 Å². The molecule has 0 radical (unpaired) electrons. The molecule has 0 aliphatic heterocycles. The summed E-state index contributed by atoms with van der Waals surface area (Å²) in [6.07, 6.45) is 0.980. The summed E-state index contributed by atoms with van der Waals surface area (Å²) in [6.45, 7) is 9.99. The minimum absolute atomic E-state index is 0.0263. The van der Waals surface area contributed by atoms with E-state index < -0.39 is 0 Å². The van der Waals surface area contributed by atoms with E-state index >= 15 is 0 Å². The van der Waals surface area contributed by atoms with Gasteiger partial charge in [-0.3, -0.25) is 4.79 Å². The lowest BCUT2D eigenvalue weighted by atomic mass is 10.2. The molecule has 0 atom stereocenters. The Labute approximate surface area is 126 Å². The number of ether oxygens (including phenoxy) is 1. The second-order valence-corrected chi connectivity index (χ2v) is 7.51. The summed E-state index contributed by atoms with van der Waals surface area (Å²) in [6, 6.07) is 7.29. The molecule has 1 amide bonds. The third-order valence-corrected chi connectivity index (χ3v) is 3.79. The Morgan fingerprint density at radius 3 is 2.45 bits per heavy atom. The van der Waals surface area contributed by atoms with Crippen LogP contribution in [0, 0.1) is 0 Å². The van der Waals surface area contributed by atoms with Gasteiger partial charge < -0.3 is 10.1 Å². The maximum absolute atomic E-state index is 11.9. The van der Waals surface area contributed by atoms with Crippen molar-refractivity contribution in [2.24, 2.45) is 0 Å². The Morgan fingerprint density at radius 2 is 1.90 bits per heavy atom. The Hall–Kier alpha value is -1.16. The van der Waals surface area contributed by atoms with E-state index in [1.54, 1.807) is 12.1 Å². The zero-order valence-corrected chi connectivity index (χ0v) is 13.7. The van der Waals surface area contributed by atoms with Crippen LogP contribution >= 0.6 is 11.8 Å². The van der Waals surface area contributed by atoms with Crippen molar-refractivity contribution in [2.75, 3.05) is 18.9 Å². The van der Waals surface area contributed by atoms with Crippen molar-refractivity contribution < 1.29 is 9.53 Å². The van der Waals surface area contributed by atoms with Gasteiger partial charge in [0.05, 0.1) is 6.61 Å². The van der Waals surface area contributed by atoms with Crippen LogP contribution < -0.4 is 10.1 Å². The molecular formula is C16H25NO2S. The van der Waals surface area contributed by atoms with Crippen molar-refractivity contribution in [3.8, 4) is 5.75 Å². The number of hydrogen-bond acceptors (Lipinski definition) is 3. The molecule has 0 saturated carbocycles. The predicted octanol–water partition coefficient (Wildman–Crippen LogP) is 3.74. The van der Waals surface area contributed by atoms with Crippen LogP contribution in [0.1, 0.15) is 44.5 Å². The topological polar surface area (TPSA) is 38.3 Å². The molecule has 112 valence electrons. The number of carbonyl (C=O) groups is 1. The van der Waals surface area contributed by atoms with Gasteiger partial charge in [-0.15, -0.1) is 0 Å². The standard InChI is InChI=1S/C16H25NO2S/c1-5-11-19-14-8-6-13(7-9-14)15(18)17-10-12-20-16(2,3)4/h6-9H,5,10-12H2,1-4H3,(H,17,18). The van der Waals surface area contributed by atoms with Gasteiger partial charge in [0, 0.05) is 22.6 Å². The Balaban J connectivity index is 2.36. The maximum Gasteiger partial charge on any atom is 0.251 e. The van der Waals surface area contributed by atoms with Crippen molar-refractivity contribution in [2.45, 2.75) is 38.9 Å². The second-order valence-electron chi connectivity index (χ2n) is 5.59. The quantitative estimate of drug-likeness (QED) is 0.779. The number of carbonyl (C=O) groups excluding carboxylic acids is 1. The minimum atomic E-state index is -0.0263. The van der Waals surface area contributed by atoms with Crippen LogP contribution in [0.4, 0.5) is 0 Å². The summed E-state index contributed by atoms with van der Waals surface area (Å²) < 4.78 is 5.73. The highest BCUT2D eigenvalue weighted by Gasteiger charge is 2.10. The zero-order valence-electron chi connectivity index (χ0n) is 12.9. The van der Waals surface area contributed by atoms with Crippen molar-refractivity contribution in [1.82, 2.24) is 5.32 Å². The van der Waals surface area contributed by atoms with E-state index in [0.717, 1.165) is 17.9 Å². The van der Waals surface area contributed by atoms with Gasteiger partial charge in [-0.05, 0) is 30.7 Å². The van der Waals surface area contributed by atoms with E-state index in [-0.39, 0.29) is 10.7 Å². The average molecular weight is 295 g/mol. The molecule has 3 nitrogen and oxygen atoms in total. The fraction of sp³-hybridized carbons (Fsp3) is 0.562. The number of amides is 1. The van der Waals surface area contributed by atoms with E-state index in [2.05, 4.69) is 33.0 Å². The molecule has 0 aliphatic carbocycles. The molecule has 1 aromatic carbocycles. The summed E-state index contributed by atoms with van der Waals surface area (Å²) in [5.41, 5.74) is 0.676. The molecule has 20 heavy (non-hydrogen) atoms. The van der Waals surface area contributed by atoms with Crippen LogP contribution in [0.2, 0.25) is 0 Å². The lowest BCUT2D eigenvalue weighted by molar-refractivity contribution is 0.0956. The number of nitrogens with one attached hydrogen (secondary N) is 1. The molecule has 0 unspecified atom stereocenters. The first-order chi connectivity index (χ1) is 9.42. The number of benzene rings is 1. The molecular weight excluding hydrogens is 270 g/mol. The highest BCUT2D eigenvalue weighted by Crippen LogP contribution is 2.22. The second kappa shape index (κ2) is 8.20.